The molecule has 40 heavy (non-hydrogen) atoms. The third-order valence-corrected chi connectivity index (χ3v) is 7.97. The normalized spacial score (nSPS) is 18.5. The molecule has 1 aliphatic heterocycles. The Morgan fingerprint density at radius 3 is 2.40 bits per heavy atom. The molecule has 12 heteroatoms. The number of morpholine rings is 1. The number of allylic oxidation sites excluding steroid dienone is 1. The van der Waals surface area contributed by atoms with E-state index in [0.29, 0.717) is 17.4 Å². The van der Waals surface area contributed by atoms with Crippen LogP contribution in [0.3, 0.4) is 0 Å². The molecular formula is C28H28Cl2F3N5O2. The lowest BCUT2D eigenvalue weighted by atomic mass is 9.90. The Hall–Kier alpha value is -2.92. The van der Waals surface area contributed by atoms with Gasteiger partial charge in [-0.15, -0.1) is 0 Å². The number of aryl methyl sites for hydroxylation is 1. The first kappa shape index (κ1) is 28.6. The van der Waals surface area contributed by atoms with E-state index in [1.54, 1.807) is 13.1 Å². The molecule has 0 radical (unpaired) electrons. The van der Waals surface area contributed by atoms with Gasteiger partial charge in [0.2, 0.25) is 0 Å². The number of anilines is 1. The molecule has 1 N–H and O–H groups in total. The Balaban J connectivity index is 1.29. The molecule has 0 bridgehead atoms. The summed E-state index contributed by atoms with van der Waals surface area (Å²) in [5.41, 5.74) is 3.28. The molecule has 3 heterocycles. The van der Waals surface area contributed by atoms with Crippen molar-refractivity contribution in [2.24, 2.45) is 0 Å². The van der Waals surface area contributed by atoms with Gasteiger partial charge in [0, 0.05) is 19.1 Å². The van der Waals surface area contributed by atoms with Crippen molar-refractivity contribution < 1.29 is 22.7 Å². The molecule has 1 fully saturated rings. The van der Waals surface area contributed by atoms with Crippen molar-refractivity contribution >= 4 is 40.4 Å². The van der Waals surface area contributed by atoms with Crippen molar-refractivity contribution in [3.8, 4) is 5.69 Å². The fraction of sp³-hybridized carbons (Fsp3) is 0.393. The topological polar surface area (TPSA) is 72.3 Å². The molecule has 1 unspecified atom stereocenters. The van der Waals surface area contributed by atoms with E-state index >= 15 is 0 Å². The zero-order valence-corrected chi connectivity index (χ0v) is 23.5. The Morgan fingerprint density at radius 2 is 1.80 bits per heavy atom. The minimum absolute atomic E-state index is 0.0614. The number of benzene rings is 1. The fourth-order valence-electron chi connectivity index (χ4n) is 5.28. The van der Waals surface area contributed by atoms with Gasteiger partial charge in [0.15, 0.2) is 0 Å². The van der Waals surface area contributed by atoms with E-state index in [1.165, 1.54) is 16.5 Å². The molecule has 0 saturated carbocycles. The fourth-order valence-corrected chi connectivity index (χ4v) is 5.92. The highest BCUT2D eigenvalue weighted by Gasteiger charge is 2.33. The molecular weight excluding hydrogens is 566 g/mol. The predicted molar refractivity (Wildman–Crippen MR) is 148 cm³/mol. The van der Waals surface area contributed by atoms with Gasteiger partial charge >= 0.3 is 6.18 Å². The van der Waals surface area contributed by atoms with Crippen LogP contribution in [0.4, 0.5) is 18.9 Å². The summed E-state index contributed by atoms with van der Waals surface area (Å²) in [5.74, 6) is -0.443. The number of alkyl halides is 3. The summed E-state index contributed by atoms with van der Waals surface area (Å²) in [6.45, 7) is 7.10. The average Bonchev–Trinajstić information content (AvgIpc) is 3.29. The van der Waals surface area contributed by atoms with Gasteiger partial charge in [-0.1, -0.05) is 29.3 Å². The number of aromatic nitrogens is 3. The molecule has 7 nitrogen and oxygen atoms in total. The maximum atomic E-state index is 13.1. The first-order chi connectivity index (χ1) is 19.0. The Labute approximate surface area is 239 Å². The Bertz CT molecular complexity index is 1440. The number of halogens is 5. The summed E-state index contributed by atoms with van der Waals surface area (Å²) in [6.07, 6.45) is 3.60. The molecule has 1 aliphatic carbocycles. The van der Waals surface area contributed by atoms with Crippen LogP contribution in [0.25, 0.3) is 11.3 Å². The highest BCUT2D eigenvalue weighted by atomic mass is 35.5. The van der Waals surface area contributed by atoms with Crippen molar-refractivity contribution in [2.75, 3.05) is 31.6 Å². The number of rotatable bonds is 5. The maximum Gasteiger partial charge on any atom is 0.416 e. The quantitative estimate of drug-likeness (QED) is 0.355. The monoisotopic (exact) mass is 593 g/mol. The van der Waals surface area contributed by atoms with Crippen molar-refractivity contribution in [1.82, 2.24) is 19.7 Å². The van der Waals surface area contributed by atoms with Crippen LogP contribution in [-0.2, 0) is 10.9 Å². The van der Waals surface area contributed by atoms with Crippen molar-refractivity contribution in [3.63, 3.8) is 0 Å². The molecule has 212 valence electrons. The Kier molecular flexibility index (Phi) is 8.24. The molecule has 2 aliphatic rings. The molecule has 1 aromatic carbocycles. The van der Waals surface area contributed by atoms with Gasteiger partial charge < -0.3 is 10.1 Å². The first-order valence-corrected chi connectivity index (χ1v) is 13.7. The van der Waals surface area contributed by atoms with Crippen molar-refractivity contribution in [2.45, 2.75) is 45.3 Å². The number of nitrogens with zero attached hydrogens (tertiary/aromatic N) is 4. The van der Waals surface area contributed by atoms with Gasteiger partial charge in [0.05, 0.1) is 63.9 Å². The molecule has 5 rings (SSSR count). The highest BCUT2D eigenvalue weighted by molar-refractivity contribution is 6.37. The third kappa shape index (κ3) is 5.90. The molecule has 1 saturated heterocycles. The standard InChI is InChI=1S/C28H28Cl2F3N5O2/c1-16-11-20(14-34-25(16)18-3-5-21(6-4-18)37-7-9-40-10-8-37)36-27(39)22-15-35-38(17(22)2)26-23(29)12-19(13-24(26)30)28(31,32)33/h3,11-15,21H,4-10H2,1-2H3,(H,36,39). The van der Waals surface area contributed by atoms with E-state index in [2.05, 4.69) is 26.4 Å². The number of carbonyl (C=O) groups is 1. The smallest absolute Gasteiger partial charge is 0.379 e. The van der Waals surface area contributed by atoms with E-state index in [0.717, 1.165) is 69.0 Å². The second-order valence-electron chi connectivity index (χ2n) is 9.99. The minimum atomic E-state index is -4.60. The summed E-state index contributed by atoms with van der Waals surface area (Å²) >= 11 is 12.3. The van der Waals surface area contributed by atoms with Crippen LogP contribution < -0.4 is 5.32 Å². The molecule has 1 atom stereocenters. The van der Waals surface area contributed by atoms with E-state index < -0.39 is 17.6 Å². The van der Waals surface area contributed by atoms with E-state index in [1.807, 2.05) is 13.0 Å². The number of hydrogen-bond acceptors (Lipinski definition) is 5. The van der Waals surface area contributed by atoms with Gasteiger partial charge in [0.1, 0.15) is 5.69 Å². The largest absolute Gasteiger partial charge is 0.416 e. The third-order valence-electron chi connectivity index (χ3n) is 7.40. The van der Waals surface area contributed by atoms with Gasteiger partial charge in [0.25, 0.3) is 5.91 Å². The zero-order chi connectivity index (χ0) is 28.6. The lowest BCUT2D eigenvalue weighted by molar-refractivity contribution is -0.137. The van der Waals surface area contributed by atoms with Crippen molar-refractivity contribution in [3.05, 3.63) is 74.8 Å². The molecule has 0 spiro atoms. The van der Waals surface area contributed by atoms with Gasteiger partial charge in [-0.25, -0.2) is 4.68 Å². The van der Waals surface area contributed by atoms with Crippen LogP contribution >= 0.6 is 23.2 Å². The zero-order valence-electron chi connectivity index (χ0n) is 22.0. The maximum absolute atomic E-state index is 13.1. The van der Waals surface area contributed by atoms with E-state index in [-0.39, 0.29) is 21.3 Å². The van der Waals surface area contributed by atoms with Crippen LogP contribution in [0.2, 0.25) is 10.0 Å². The molecule has 1 amide bonds. The summed E-state index contributed by atoms with van der Waals surface area (Å²) < 4.78 is 46.1. The summed E-state index contributed by atoms with van der Waals surface area (Å²) in [7, 11) is 0. The van der Waals surface area contributed by atoms with E-state index in [9.17, 15) is 18.0 Å². The predicted octanol–water partition coefficient (Wildman–Crippen LogP) is 6.73. The number of pyridine rings is 1. The van der Waals surface area contributed by atoms with Crippen LogP contribution in [-0.4, -0.2) is 57.9 Å². The van der Waals surface area contributed by atoms with Crippen LogP contribution in [0.5, 0.6) is 0 Å². The Morgan fingerprint density at radius 1 is 1.10 bits per heavy atom. The van der Waals surface area contributed by atoms with Crippen LogP contribution in [0.1, 0.15) is 52.1 Å². The van der Waals surface area contributed by atoms with Gasteiger partial charge in [-0.2, -0.15) is 18.3 Å². The number of carbonyl (C=O) groups excluding carboxylic acids is 1. The van der Waals surface area contributed by atoms with Gasteiger partial charge in [-0.05, 0) is 62.4 Å². The van der Waals surface area contributed by atoms with Gasteiger partial charge in [-0.3, -0.25) is 14.7 Å². The number of amides is 1. The number of hydrogen-bond donors (Lipinski definition) is 1. The van der Waals surface area contributed by atoms with Crippen molar-refractivity contribution in [1.29, 1.82) is 0 Å². The second kappa shape index (κ2) is 11.5. The lowest BCUT2D eigenvalue weighted by Crippen LogP contribution is -2.43. The SMILES string of the molecule is Cc1cc(NC(=O)c2cnn(-c3c(Cl)cc(C(F)(F)F)cc3Cl)c2C)cnc1C1=CCC(N2CCOCC2)CC1. The number of nitrogens with one attached hydrogen (secondary N) is 1. The minimum Gasteiger partial charge on any atom is -0.379 e. The summed E-state index contributed by atoms with van der Waals surface area (Å²) in [5, 5.41) is 6.53. The lowest BCUT2D eigenvalue weighted by Gasteiger charge is -2.36. The van der Waals surface area contributed by atoms with Crippen LogP contribution in [0, 0.1) is 13.8 Å². The molecule has 2 aromatic heterocycles. The second-order valence-corrected chi connectivity index (χ2v) is 10.8. The highest BCUT2D eigenvalue weighted by Crippen LogP contribution is 2.38. The molecule has 3 aromatic rings. The summed E-state index contributed by atoms with van der Waals surface area (Å²) in [4.78, 5) is 20.2. The first-order valence-electron chi connectivity index (χ1n) is 12.9. The summed E-state index contributed by atoms with van der Waals surface area (Å²) in [6, 6.07) is 3.97. The van der Waals surface area contributed by atoms with E-state index in [4.69, 9.17) is 27.9 Å². The van der Waals surface area contributed by atoms with Crippen LogP contribution in [0.15, 0.2) is 36.7 Å². The number of ether oxygens (including phenoxy) is 1. The average molecular weight is 594 g/mol.